The maximum atomic E-state index is 11.6. The lowest BCUT2D eigenvalue weighted by Gasteiger charge is -2.37. The average Bonchev–Trinajstić information content (AvgIpc) is 2.78. The van der Waals surface area contributed by atoms with Gasteiger partial charge in [-0.15, -0.1) is 0 Å². The fourth-order valence-corrected chi connectivity index (χ4v) is 2.84. The Labute approximate surface area is 123 Å². The van der Waals surface area contributed by atoms with Crippen LogP contribution in [0.25, 0.3) is 11.3 Å². The molecule has 1 unspecified atom stereocenters. The minimum atomic E-state index is -0.246. The third-order valence-electron chi connectivity index (χ3n) is 4.05. The van der Waals surface area contributed by atoms with Gasteiger partial charge in [-0.05, 0) is 35.9 Å². The Bertz CT molecular complexity index is 740. The summed E-state index contributed by atoms with van der Waals surface area (Å²) in [5.41, 5.74) is 3.39. The minimum absolute atomic E-state index is 0.189. The van der Waals surface area contributed by atoms with E-state index in [-0.39, 0.29) is 10.6 Å². The van der Waals surface area contributed by atoms with Crippen LogP contribution in [0.4, 0.5) is 0 Å². The second-order valence-electron chi connectivity index (χ2n) is 6.02. The highest BCUT2D eigenvalue weighted by Gasteiger charge is 2.34. The van der Waals surface area contributed by atoms with Gasteiger partial charge in [-0.25, -0.2) is 0 Å². The zero-order chi connectivity index (χ0) is 15.2. The molecule has 1 aliphatic heterocycles. The van der Waals surface area contributed by atoms with Crippen molar-refractivity contribution in [3.63, 3.8) is 0 Å². The number of rotatable bonds is 1. The number of nitriles is 1. The fourth-order valence-electron chi connectivity index (χ4n) is 2.84. The summed E-state index contributed by atoms with van der Waals surface area (Å²) in [5.74, 6) is 0.634. The van der Waals surface area contributed by atoms with Crippen LogP contribution in [0.1, 0.15) is 25.1 Å². The second-order valence-corrected chi connectivity index (χ2v) is 6.02. The van der Waals surface area contributed by atoms with E-state index >= 15 is 0 Å². The summed E-state index contributed by atoms with van der Waals surface area (Å²) in [6.07, 6.45) is 0. The Kier molecular flexibility index (Phi) is 3.01. The molecule has 5 nitrogen and oxygen atoms in total. The molecule has 0 saturated heterocycles. The van der Waals surface area contributed by atoms with Crippen molar-refractivity contribution in [2.45, 2.75) is 19.3 Å². The molecule has 0 saturated carbocycles. The number of aromatic nitrogens is 1. The molecule has 3 rings (SSSR count). The predicted octanol–water partition coefficient (Wildman–Crippen LogP) is 1.53. The van der Waals surface area contributed by atoms with E-state index in [0.717, 1.165) is 16.8 Å². The molecule has 0 radical (unpaired) electrons. The molecule has 1 aromatic heterocycles. The van der Waals surface area contributed by atoms with Crippen molar-refractivity contribution in [2.75, 3.05) is 6.54 Å². The molecule has 108 valence electrons. The first-order valence-corrected chi connectivity index (χ1v) is 6.84. The van der Waals surface area contributed by atoms with Gasteiger partial charge < -0.3 is 14.6 Å². The topological polar surface area (TPSA) is 65.5 Å². The standard InChI is InChI=1S/C16H17N3O2/c1-16(2)10-19(20)21-15-7-4-11(8-13(15)16)14-6-5-12(9-17)18(14)3/h4-8,19H,10H2,1-3H3. The molecule has 1 N–H and O–H groups in total. The van der Waals surface area contributed by atoms with Crippen LogP contribution in [-0.2, 0) is 12.5 Å². The van der Waals surface area contributed by atoms with Gasteiger partial charge in [-0.2, -0.15) is 10.5 Å². The van der Waals surface area contributed by atoms with Crippen LogP contribution >= 0.6 is 0 Å². The number of nitrogens with zero attached hydrogens (tertiary/aromatic N) is 2. The molecule has 2 heterocycles. The summed E-state index contributed by atoms with van der Waals surface area (Å²) in [4.78, 5) is 5.32. The van der Waals surface area contributed by atoms with Gasteiger partial charge in [-0.1, -0.05) is 13.8 Å². The van der Waals surface area contributed by atoms with Crippen molar-refractivity contribution in [2.24, 2.45) is 7.05 Å². The van der Waals surface area contributed by atoms with Crippen LogP contribution in [0.2, 0.25) is 0 Å². The van der Waals surface area contributed by atoms with Crippen LogP contribution < -0.4 is 10.1 Å². The maximum absolute atomic E-state index is 11.6. The molecule has 1 aliphatic rings. The van der Waals surface area contributed by atoms with Gasteiger partial charge in [0.2, 0.25) is 0 Å². The summed E-state index contributed by atoms with van der Waals surface area (Å²) in [5, 5.41) is 20.5. The smallest absolute Gasteiger partial charge is 0.194 e. The molecule has 0 amide bonds. The molecule has 0 bridgehead atoms. The molecule has 21 heavy (non-hydrogen) atoms. The molecule has 1 aromatic carbocycles. The van der Waals surface area contributed by atoms with Crippen molar-refractivity contribution in [3.8, 4) is 23.1 Å². The van der Waals surface area contributed by atoms with E-state index in [2.05, 4.69) is 12.1 Å². The summed E-state index contributed by atoms with van der Waals surface area (Å²) in [6.45, 7) is 4.46. The Morgan fingerprint density at radius 1 is 1.33 bits per heavy atom. The van der Waals surface area contributed by atoms with Gasteiger partial charge in [0.15, 0.2) is 5.75 Å². The third-order valence-corrected chi connectivity index (χ3v) is 4.05. The molecular weight excluding hydrogens is 266 g/mol. The quantitative estimate of drug-likeness (QED) is 0.807. The van der Waals surface area contributed by atoms with Crippen molar-refractivity contribution in [1.29, 1.82) is 5.26 Å². The normalized spacial score (nSPS) is 19.5. The van der Waals surface area contributed by atoms with Gasteiger partial charge in [0, 0.05) is 23.7 Å². The number of nitrogens with one attached hydrogen (secondary N) is 1. The van der Waals surface area contributed by atoms with Gasteiger partial charge in [0.25, 0.3) is 0 Å². The lowest BCUT2D eigenvalue weighted by molar-refractivity contribution is -1.03. The Morgan fingerprint density at radius 3 is 2.76 bits per heavy atom. The SMILES string of the molecule is Cn1c(C#N)ccc1-c1ccc2c(c1)C(C)(C)C[NH+]([O-])O2. The van der Waals surface area contributed by atoms with Crippen molar-refractivity contribution in [3.05, 3.63) is 46.8 Å². The highest BCUT2D eigenvalue weighted by Crippen LogP contribution is 2.36. The third kappa shape index (κ3) is 2.19. The average molecular weight is 283 g/mol. The number of hydrogen-bond acceptors (Lipinski definition) is 3. The van der Waals surface area contributed by atoms with Crippen molar-refractivity contribution < 1.29 is 10.1 Å². The number of hydroxylamine groups is 2. The number of hydrogen-bond donors (Lipinski definition) is 1. The van der Waals surface area contributed by atoms with Gasteiger partial charge in [-0.3, -0.25) is 0 Å². The summed E-state index contributed by atoms with van der Waals surface area (Å²) < 4.78 is 1.86. The molecule has 1 atom stereocenters. The highest BCUT2D eigenvalue weighted by molar-refractivity contribution is 5.65. The molecular formula is C16H17N3O2. The largest absolute Gasteiger partial charge is 0.591 e. The first kappa shape index (κ1) is 13.7. The van der Waals surface area contributed by atoms with E-state index in [9.17, 15) is 5.21 Å². The monoisotopic (exact) mass is 283 g/mol. The molecule has 0 fully saturated rings. The summed E-state index contributed by atoms with van der Waals surface area (Å²) >= 11 is 0. The number of fused-ring (bicyclic) bond motifs is 1. The van der Waals surface area contributed by atoms with Crippen LogP contribution in [0.3, 0.4) is 0 Å². The lowest BCUT2D eigenvalue weighted by atomic mass is 9.82. The van der Waals surface area contributed by atoms with Gasteiger partial charge in [0.1, 0.15) is 18.3 Å². The lowest BCUT2D eigenvalue weighted by Crippen LogP contribution is -3.11. The number of benzene rings is 1. The Morgan fingerprint density at radius 2 is 2.10 bits per heavy atom. The minimum Gasteiger partial charge on any atom is -0.591 e. The second kappa shape index (κ2) is 4.62. The van der Waals surface area contributed by atoms with Crippen LogP contribution in [0.15, 0.2) is 30.3 Å². The zero-order valence-corrected chi connectivity index (χ0v) is 12.3. The Balaban J connectivity index is 2.11. The maximum Gasteiger partial charge on any atom is 0.194 e. The fraction of sp³-hybridized carbons (Fsp3) is 0.312. The van der Waals surface area contributed by atoms with E-state index in [1.807, 2.05) is 43.7 Å². The molecule has 0 aliphatic carbocycles. The van der Waals surface area contributed by atoms with E-state index in [1.54, 1.807) is 6.07 Å². The first-order chi connectivity index (χ1) is 9.92. The number of quaternary nitrogens is 1. The predicted molar refractivity (Wildman–Crippen MR) is 78.4 cm³/mol. The first-order valence-electron chi connectivity index (χ1n) is 6.84. The van der Waals surface area contributed by atoms with Crippen molar-refractivity contribution in [1.82, 2.24) is 4.57 Å². The highest BCUT2D eigenvalue weighted by atomic mass is 16.9. The van der Waals surface area contributed by atoms with E-state index < -0.39 is 0 Å². The summed E-state index contributed by atoms with van der Waals surface area (Å²) in [6, 6.07) is 11.7. The van der Waals surface area contributed by atoms with E-state index in [0.29, 0.717) is 18.0 Å². The molecule has 5 heteroatoms. The van der Waals surface area contributed by atoms with E-state index in [1.165, 1.54) is 0 Å². The van der Waals surface area contributed by atoms with Crippen LogP contribution in [-0.4, -0.2) is 11.1 Å². The Hall–Kier alpha value is -2.29. The van der Waals surface area contributed by atoms with E-state index in [4.69, 9.17) is 10.1 Å². The van der Waals surface area contributed by atoms with Crippen molar-refractivity contribution >= 4 is 0 Å². The molecule has 2 aromatic rings. The van der Waals surface area contributed by atoms with Gasteiger partial charge >= 0.3 is 0 Å². The van der Waals surface area contributed by atoms with Crippen LogP contribution in [0, 0.1) is 16.5 Å². The zero-order valence-electron chi connectivity index (χ0n) is 12.3. The molecule has 0 spiro atoms. The van der Waals surface area contributed by atoms with Gasteiger partial charge in [0.05, 0.1) is 0 Å². The summed E-state index contributed by atoms with van der Waals surface area (Å²) in [7, 11) is 1.87. The van der Waals surface area contributed by atoms with Crippen LogP contribution in [0.5, 0.6) is 5.75 Å².